The van der Waals surface area contributed by atoms with Crippen molar-refractivity contribution < 1.29 is 8.63 Å². The van der Waals surface area contributed by atoms with E-state index in [1.54, 1.807) is 12.5 Å². The lowest BCUT2D eigenvalue weighted by atomic mass is 9.93. The lowest BCUT2D eigenvalue weighted by Crippen LogP contribution is -2.26. The summed E-state index contributed by atoms with van der Waals surface area (Å²) in [5, 5.41) is 3.52. The number of rotatable bonds is 5. The van der Waals surface area contributed by atoms with Gasteiger partial charge in [-0.15, -0.1) is 0 Å². The lowest BCUT2D eigenvalue weighted by Gasteiger charge is -2.22. The van der Waals surface area contributed by atoms with Crippen LogP contribution >= 0.6 is 0 Å². The third-order valence-corrected chi connectivity index (χ3v) is 3.91. The van der Waals surface area contributed by atoms with E-state index in [4.69, 9.17) is 4.42 Å². The molecule has 90 valence electrons. The molecule has 0 spiro atoms. The predicted molar refractivity (Wildman–Crippen MR) is 65.9 cm³/mol. The average molecular weight is 241 g/mol. The van der Waals surface area contributed by atoms with Crippen molar-refractivity contribution in [1.82, 2.24) is 5.32 Å². The zero-order valence-electron chi connectivity index (χ0n) is 9.70. The van der Waals surface area contributed by atoms with Crippen molar-refractivity contribution in [2.45, 2.75) is 31.7 Å². The highest BCUT2D eigenvalue weighted by Gasteiger charge is 2.21. The van der Waals surface area contributed by atoms with Crippen LogP contribution in [0.25, 0.3) is 0 Å². The summed E-state index contributed by atoms with van der Waals surface area (Å²) >= 11 is 0. The summed E-state index contributed by atoms with van der Waals surface area (Å²) in [6.45, 7) is 0.939. The molecule has 0 amide bonds. The third kappa shape index (κ3) is 2.95. The number of nitrogens with one attached hydrogen (secondary N) is 1. The highest BCUT2D eigenvalue weighted by molar-refractivity contribution is 7.84. The van der Waals surface area contributed by atoms with Gasteiger partial charge in [0.2, 0.25) is 0 Å². The Morgan fingerprint density at radius 2 is 2.50 bits per heavy atom. The summed E-state index contributed by atoms with van der Waals surface area (Å²) in [5.41, 5.74) is 1.32. The van der Waals surface area contributed by atoms with Crippen LogP contribution in [0.5, 0.6) is 0 Å². The van der Waals surface area contributed by atoms with Crippen LogP contribution in [0.3, 0.4) is 0 Å². The van der Waals surface area contributed by atoms with Crippen LogP contribution in [0.4, 0.5) is 0 Å². The van der Waals surface area contributed by atoms with E-state index in [9.17, 15) is 4.21 Å². The van der Waals surface area contributed by atoms with Crippen molar-refractivity contribution in [3.05, 3.63) is 23.7 Å². The molecule has 4 heteroatoms. The van der Waals surface area contributed by atoms with Gasteiger partial charge in [-0.25, -0.2) is 0 Å². The maximum Gasteiger partial charge on any atom is 0.108 e. The summed E-state index contributed by atoms with van der Waals surface area (Å²) in [5.74, 6) is 1.93. The SMILES string of the molecule is CS(=O)CCCNC1CCCc2occc21. The van der Waals surface area contributed by atoms with Gasteiger partial charge < -0.3 is 9.73 Å². The summed E-state index contributed by atoms with van der Waals surface area (Å²) in [6, 6.07) is 2.51. The van der Waals surface area contributed by atoms with E-state index in [1.807, 2.05) is 0 Å². The van der Waals surface area contributed by atoms with E-state index in [2.05, 4.69) is 11.4 Å². The zero-order valence-corrected chi connectivity index (χ0v) is 10.5. The van der Waals surface area contributed by atoms with Gasteiger partial charge >= 0.3 is 0 Å². The van der Waals surface area contributed by atoms with Gasteiger partial charge in [0.15, 0.2) is 0 Å². The Labute approximate surface area is 99.1 Å². The molecule has 0 bridgehead atoms. The van der Waals surface area contributed by atoms with Gasteiger partial charge in [0.25, 0.3) is 0 Å². The Kier molecular flexibility index (Phi) is 4.18. The fourth-order valence-corrected chi connectivity index (χ4v) is 2.80. The van der Waals surface area contributed by atoms with Gasteiger partial charge in [-0.1, -0.05) is 0 Å². The number of fused-ring (bicyclic) bond motifs is 1. The molecule has 1 aliphatic carbocycles. The maximum absolute atomic E-state index is 10.9. The molecule has 2 atom stereocenters. The second-order valence-corrected chi connectivity index (χ2v) is 5.88. The minimum absolute atomic E-state index is 0.438. The van der Waals surface area contributed by atoms with E-state index in [0.717, 1.165) is 30.9 Å². The van der Waals surface area contributed by atoms with Gasteiger partial charge in [0.1, 0.15) is 5.76 Å². The summed E-state index contributed by atoms with van der Waals surface area (Å²) < 4.78 is 16.4. The molecule has 1 N–H and O–H groups in total. The van der Waals surface area contributed by atoms with E-state index in [0.29, 0.717) is 6.04 Å². The highest BCUT2D eigenvalue weighted by Crippen LogP contribution is 2.30. The highest BCUT2D eigenvalue weighted by atomic mass is 32.2. The van der Waals surface area contributed by atoms with Crippen LogP contribution < -0.4 is 5.32 Å². The first-order valence-electron chi connectivity index (χ1n) is 5.87. The van der Waals surface area contributed by atoms with E-state index < -0.39 is 10.8 Å². The maximum atomic E-state index is 10.9. The molecule has 2 rings (SSSR count). The van der Waals surface area contributed by atoms with Crippen LogP contribution in [0.1, 0.15) is 36.6 Å². The van der Waals surface area contributed by atoms with Gasteiger partial charge in [0.05, 0.1) is 6.26 Å². The number of hydrogen-bond donors (Lipinski definition) is 1. The lowest BCUT2D eigenvalue weighted by molar-refractivity contribution is 0.412. The molecule has 0 fully saturated rings. The van der Waals surface area contributed by atoms with Crippen molar-refractivity contribution in [1.29, 1.82) is 0 Å². The smallest absolute Gasteiger partial charge is 0.108 e. The van der Waals surface area contributed by atoms with E-state index >= 15 is 0 Å². The molecule has 16 heavy (non-hydrogen) atoms. The van der Waals surface area contributed by atoms with Crippen molar-refractivity contribution in [2.24, 2.45) is 0 Å². The Morgan fingerprint density at radius 1 is 1.62 bits per heavy atom. The zero-order chi connectivity index (χ0) is 11.4. The monoisotopic (exact) mass is 241 g/mol. The molecular formula is C12H19NO2S. The van der Waals surface area contributed by atoms with Crippen LogP contribution in [0, 0.1) is 0 Å². The third-order valence-electron chi connectivity index (χ3n) is 3.05. The van der Waals surface area contributed by atoms with Crippen LogP contribution in [0.15, 0.2) is 16.7 Å². The second kappa shape index (κ2) is 5.64. The Hall–Kier alpha value is -0.610. The molecule has 1 aromatic rings. The van der Waals surface area contributed by atoms with Crippen molar-refractivity contribution in [2.75, 3.05) is 18.6 Å². The molecule has 3 nitrogen and oxygen atoms in total. The molecule has 1 aliphatic rings. The molecule has 0 aliphatic heterocycles. The minimum Gasteiger partial charge on any atom is -0.469 e. The van der Waals surface area contributed by atoms with E-state index in [-0.39, 0.29) is 0 Å². The molecule has 0 saturated heterocycles. The number of hydrogen-bond acceptors (Lipinski definition) is 3. The van der Waals surface area contributed by atoms with Gasteiger partial charge in [-0.3, -0.25) is 4.21 Å². The van der Waals surface area contributed by atoms with Gasteiger partial charge in [-0.2, -0.15) is 0 Å². The first-order valence-corrected chi connectivity index (χ1v) is 7.60. The number of aryl methyl sites for hydroxylation is 1. The summed E-state index contributed by atoms with van der Waals surface area (Å²) in [4.78, 5) is 0. The Bertz CT molecular complexity index is 362. The molecule has 0 radical (unpaired) electrons. The quantitative estimate of drug-likeness (QED) is 0.802. The summed E-state index contributed by atoms with van der Waals surface area (Å²) in [6.07, 6.45) is 7.96. The molecule has 1 aromatic heterocycles. The van der Waals surface area contributed by atoms with Crippen LogP contribution in [-0.4, -0.2) is 22.8 Å². The Balaban J connectivity index is 1.81. The van der Waals surface area contributed by atoms with E-state index in [1.165, 1.54) is 18.4 Å². The first kappa shape index (κ1) is 11.9. The van der Waals surface area contributed by atoms with Crippen LogP contribution in [0.2, 0.25) is 0 Å². The van der Waals surface area contributed by atoms with Gasteiger partial charge in [-0.05, 0) is 31.9 Å². The number of furan rings is 1. The molecule has 0 aromatic carbocycles. The average Bonchev–Trinajstić information content (AvgIpc) is 2.72. The van der Waals surface area contributed by atoms with Gasteiger partial charge in [0, 0.05) is 40.8 Å². The van der Waals surface area contributed by atoms with Crippen molar-refractivity contribution >= 4 is 10.8 Å². The molecule has 0 saturated carbocycles. The van der Waals surface area contributed by atoms with Crippen LogP contribution in [-0.2, 0) is 17.2 Å². The minimum atomic E-state index is -0.668. The topological polar surface area (TPSA) is 42.2 Å². The second-order valence-electron chi connectivity index (χ2n) is 4.33. The fraction of sp³-hybridized carbons (Fsp3) is 0.667. The standard InChI is InChI=1S/C12H19NO2S/c1-16(14)9-3-7-13-11-4-2-5-12-10(11)6-8-15-12/h6,8,11,13H,2-5,7,9H2,1H3. The fourth-order valence-electron chi connectivity index (χ4n) is 2.25. The molecule has 2 unspecified atom stereocenters. The largest absolute Gasteiger partial charge is 0.469 e. The normalized spacial score (nSPS) is 21.7. The molecule has 1 heterocycles. The van der Waals surface area contributed by atoms with Crippen molar-refractivity contribution in [3.63, 3.8) is 0 Å². The van der Waals surface area contributed by atoms with Crippen molar-refractivity contribution in [3.8, 4) is 0 Å². The predicted octanol–water partition coefficient (Wildman–Crippen LogP) is 2.02. The first-order chi connectivity index (χ1) is 7.77. The summed E-state index contributed by atoms with van der Waals surface area (Å²) in [7, 11) is -0.668. The molecular weight excluding hydrogens is 222 g/mol. The Morgan fingerprint density at radius 3 is 3.31 bits per heavy atom.